The smallest absolute Gasteiger partial charge is 0.341 e. The zero-order valence-corrected chi connectivity index (χ0v) is 13.6. The Morgan fingerprint density at radius 3 is 2.56 bits per heavy atom. The number of nitrogens with one attached hydrogen (secondary N) is 1. The van der Waals surface area contributed by atoms with Gasteiger partial charge in [-0.2, -0.15) is 5.10 Å². The first kappa shape index (κ1) is 18.0. The van der Waals surface area contributed by atoms with Crippen molar-refractivity contribution in [1.82, 2.24) is 5.43 Å². The third kappa shape index (κ3) is 5.35. The maximum atomic E-state index is 11.9. The van der Waals surface area contributed by atoms with Gasteiger partial charge in [-0.3, -0.25) is 4.79 Å². The molecule has 0 atom stereocenters. The van der Waals surface area contributed by atoms with E-state index in [1.807, 2.05) is 13.0 Å². The van der Waals surface area contributed by atoms with Crippen LogP contribution in [-0.4, -0.2) is 36.4 Å². The van der Waals surface area contributed by atoms with Crippen LogP contribution < -0.4 is 14.9 Å². The quantitative estimate of drug-likeness (QED) is 0.567. The fourth-order valence-corrected chi connectivity index (χ4v) is 2.01. The van der Waals surface area contributed by atoms with Crippen molar-refractivity contribution in [3.8, 4) is 11.5 Å². The van der Waals surface area contributed by atoms with Gasteiger partial charge in [-0.05, 0) is 31.2 Å². The molecule has 0 unspecified atom stereocenters. The summed E-state index contributed by atoms with van der Waals surface area (Å²) in [6, 6.07) is 13.7. The van der Waals surface area contributed by atoms with Gasteiger partial charge < -0.3 is 14.6 Å². The van der Waals surface area contributed by atoms with Crippen molar-refractivity contribution in [2.45, 2.75) is 6.92 Å². The Bertz CT molecular complexity index is 759. The molecule has 0 aliphatic heterocycles. The Morgan fingerprint density at radius 2 is 1.88 bits per heavy atom. The first-order chi connectivity index (χ1) is 12.1. The van der Waals surface area contributed by atoms with Crippen molar-refractivity contribution < 1.29 is 24.2 Å². The van der Waals surface area contributed by atoms with E-state index in [0.717, 1.165) is 0 Å². The molecule has 7 heteroatoms. The molecule has 0 radical (unpaired) electrons. The highest BCUT2D eigenvalue weighted by Crippen LogP contribution is 2.30. The van der Waals surface area contributed by atoms with Gasteiger partial charge >= 0.3 is 5.97 Å². The van der Waals surface area contributed by atoms with Crippen molar-refractivity contribution in [3.63, 3.8) is 0 Å². The number of nitrogens with zero attached hydrogens (tertiary/aromatic N) is 1. The first-order valence-electron chi connectivity index (χ1n) is 7.60. The molecule has 2 rings (SSSR count). The molecule has 0 aliphatic carbocycles. The van der Waals surface area contributed by atoms with Crippen LogP contribution in [0.15, 0.2) is 53.6 Å². The molecule has 2 N–H and O–H groups in total. The highest BCUT2D eigenvalue weighted by atomic mass is 16.5. The average molecular weight is 342 g/mol. The molecule has 0 heterocycles. The summed E-state index contributed by atoms with van der Waals surface area (Å²) in [5.41, 5.74) is 3.37. The summed E-state index contributed by atoms with van der Waals surface area (Å²) in [4.78, 5) is 22.7. The van der Waals surface area contributed by atoms with Gasteiger partial charge in [0.2, 0.25) is 0 Å². The summed E-state index contributed by atoms with van der Waals surface area (Å²) in [7, 11) is 0. The average Bonchev–Trinajstić information content (AvgIpc) is 2.62. The molecule has 0 spiro atoms. The van der Waals surface area contributed by atoms with Crippen LogP contribution in [0.5, 0.6) is 11.5 Å². The molecule has 0 fully saturated rings. The van der Waals surface area contributed by atoms with E-state index in [4.69, 9.17) is 14.6 Å². The highest BCUT2D eigenvalue weighted by molar-refractivity contribution is 5.95. The van der Waals surface area contributed by atoms with Gasteiger partial charge in [-0.1, -0.05) is 24.3 Å². The maximum absolute atomic E-state index is 11.9. The summed E-state index contributed by atoms with van der Waals surface area (Å²) < 4.78 is 10.7. The van der Waals surface area contributed by atoms with Gasteiger partial charge in [0.15, 0.2) is 18.1 Å². The highest BCUT2D eigenvalue weighted by Gasteiger charge is 2.12. The van der Waals surface area contributed by atoms with Crippen molar-refractivity contribution in [2.75, 3.05) is 13.2 Å². The SMILES string of the molecule is CCOc1cccc(/C=N/NC(=O)c2ccccc2)c1OCC(=O)O. The molecule has 2 aromatic carbocycles. The second-order valence-corrected chi connectivity index (χ2v) is 4.86. The zero-order chi connectivity index (χ0) is 18.1. The lowest BCUT2D eigenvalue weighted by molar-refractivity contribution is -0.139. The minimum atomic E-state index is -1.11. The van der Waals surface area contributed by atoms with Crippen LogP contribution in [-0.2, 0) is 4.79 Å². The molecule has 0 bridgehead atoms. The Morgan fingerprint density at radius 1 is 1.12 bits per heavy atom. The minimum Gasteiger partial charge on any atom is -0.490 e. The lowest BCUT2D eigenvalue weighted by Crippen LogP contribution is -2.17. The number of amides is 1. The topological polar surface area (TPSA) is 97.2 Å². The summed E-state index contributed by atoms with van der Waals surface area (Å²) in [5.74, 6) is -0.802. The standard InChI is InChI=1S/C18H18N2O5/c1-2-24-15-10-6-9-14(17(15)25-12-16(21)22)11-19-20-18(23)13-7-4-3-5-8-13/h3-11H,2,12H2,1H3,(H,20,23)(H,21,22)/b19-11+. The molecule has 0 saturated carbocycles. The van der Waals surface area contributed by atoms with E-state index in [1.54, 1.807) is 42.5 Å². The first-order valence-corrected chi connectivity index (χ1v) is 7.60. The van der Waals surface area contributed by atoms with Gasteiger partial charge in [0.05, 0.1) is 12.8 Å². The maximum Gasteiger partial charge on any atom is 0.341 e. The summed E-state index contributed by atoms with van der Waals surface area (Å²) in [6.07, 6.45) is 1.38. The number of aliphatic carboxylic acids is 1. The van der Waals surface area contributed by atoms with Crippen molar-refractivity contribution in [1.29, 1.82) is 0 Å². The van der Waals surface area contributed by atoms with Gasteiger partial charge in [-0.25, -0.2) is 10.2 Å². The molecular formula is C18H18N2O5. The van der Waals surface area contributed by atoms with E-state index >= 15 is 0 Å². The molecule has 0 aromatic heterocycles. The van der Waals surface area contributed by atoms with Crippen molar-refractivity contribution >= 4 is 18.1 Å². The van der Waals surface area contributed by atoms with Crippen molar-refractivity contribution in [2.24, 2.45) is 5.10 Å². The molecule has 0 saturated heterocycles. The van der Waals surface area contributed by atoms with Gasteiger partial charge in [0.1, 0.15) is 0 Å². The lowest BCUT2D eigenvalue weighted by Gasteiger charge is -2.12. The number of ether oxygens (including phenoxy) is 2. The molecular weight excluding hydrogens is 324 g/mol. The number of hydrogen-bond donors (Lipinski definition) is 2. The van der Waals surface area contributed by atoms with E-state index in [0.29, 0.717) is 23.5 Å². The molecule has 1 amide bonds. The van der Waals surface area contributed by atoms with Crippen LogP contribution in [0.3, 0.4) is 0 Å². The number of para-hydroxylation sites is 1. The third-order valence-corrected chi connectivity index (χ3v) is 3.05. The number of hydrogen-bond acceptors (Lipinski definition) is 5. The number of hydrazone groups is 1. The van der Waals surface area contributed by atoms with Crippen molar-refractivity contribution in [3.05, 3.63) is 59.7 Å². The second kappa shape index (κ2) is 9.07. The van der Waals surface area contributed by atoms with Crippen LogP contribution in [0, 0.1) is 0 Å². The van der Waals surface area contributed by atoms with Crippen LogP contribution in [0.2, 0.25) is 0 Å². The van der Waals surface area contributed by atoms with Crippen LogP contribution in [0.25, 0.3) is 0 Å². The molecule has 7 nitrogen and oxygen atoms in total. The number of carboxylic acid groups (broad SMARTS) is 1. The Kier molecular flexibility index (Phi) is 6.53. The second-order valence-electron chi connectivity index (χ2n) is 4.86. The Hall–Kier alpha value is -3.35. The Labute approximate surface area is 144 Å². The van der Waals surface area contributed by atoms with Gasteiger partial charge in [0, 0.05) is 11.1 Å². The monoisotopic (exact) mass is 342 g/mol. The number of carboxylic acids is 1. The Balaban J connectivity index is 2.15. The normalized spacial score (nSPS) is 10.4. The molecule has 2 aromatic rings. The predicted molar refractivity (Wildman–Crippen MR) is 92.2 cm³/mol. The molecule has 25 heavy (non-hydrogen) atoms. The van der Waals surface area contributed by atoms with Crippen LogP contribution in [0.1, 0.15) is 22.8 Å². The molecule has 0 aliphatic rings. The fraction of sp³-hybridized carbons (Fsp3) is 0.167. The van der Waals surface area contributed by atoms with E-state index in [9.17, 15) is 9.59 Å². The van der Waals surface area contributed by atoms with E-state index < -0.39 is 12.6 Å². The summed E-state index contributed by atoms with van der Waals surface area (Å²) in [5, 5.41) is 12.7. The van der Waals surface area contributed by atoms with Gasteiger partial charge in [-0.15, -0.1) is 0 Å². The number of carbonyl (C=O) groups is 2. The van der Waals surface area contributed by atoms with E-state index in [-0.39, 0.29) is 11.7 Å². The summed E-state index contributed by atoms with van der Waals surface area (Å²) >= 11 is 0. The fourth-order valence-electron chi connectivity index (χ4n) is 2.01. The van der Waals surface area contributed by atoms with E-state index in [1.165, 1.54) is 6.21 Å². The number of benzene rings is 2. The lowest BCUT2D eigenvalue weighted by atomic mass is 10.2. The van der Waals surface area contributed by atoms with Crippen LogP contribution in [0.4, 0.5) is 0 Å². The number of carbonyl (C=O) groups excluding carboxylic acids is 1. The van der Waals surface area contributed by atoms with Crippen LogP contribution >= 0.6 is 0 Å². The number of rotatable bonds is 8. The predicted octanol–water partition coefficient (Wildman–Crippen LogP) is 2.31. The minimum absolute atomic E-state index is 0.254. The third-order valence-electron chi connectivity index (χ3n) is 3.05. The van der Waals surface area contributed by atoms with E-state index in [2.05, 4.69) is 10.5 Å². The summed E-state index contributed by atoms with van der Waals surface area (Å²) in [6.45, 7) is 1.69. The molecule has 130 valence electrons. The zero-order valence-electron chi connectivity index (χ0n) is 13.6. The largest absolute Gasteiger partial charge is 0.490 e. The van der Waals surface area contributed by atoms with Gasteiger partial charge in [0.25, 0.3) is 5.91 Å².